The topological polar surface area (TPSA) is 27.7 Å². The molecule has 0 N–H and O–H groups in total. The molecule has 0 aromatic carbocycles. The van der Waals surface area contributed by atoms with E-state index in [0.717, 1.165) is 111 Å². The SMILES string of the molecule is CCCOC(CCCC(C)CC(C)CC(C)CC(C)CC(C)CC(C)Br)OC(CCCC(C)CC(C)CC(C)CC(C)CC(C)CC(C)Br)OCCC. The lowest BCUT2D eigenvalue weighted by molar-refractivity contribution is -0.250. The molecular formula is C48H96Br2O3. The first kappa shape index (κ1) is 53.8. The van der Waals surface area contributed by atoms with E-state index in [1.807, 2.05) is 0 Å². The van der Waals surface area contributed by atoms with Crippen molar-refractivity contribution in [3.63, 3.8) is 0 Å². The smallest absolute Gasteiger partial charge is 0.160 e. The molecule has 3 nitrogen and oxygen atoms in total. The number of alkyl halides is 2. The molecule has 0 rings (SSSR count). The third-order valence-electron chi connectivity index (χ3n) is 11.5. The lowest BCUT2D eigenvalue weighted by atomic mass is 9.82. The average molecular weight is 881 g/mol. The third kappa shape index (κ3) is 32.5. The Kier molecular flexibility index (Phi) is 33.3. The van der Waals surface area contributed by atoms with E-state index in [4.69, 9.17) is 14.2 Å². The van der Waals surface area contributed by atoms with Crippen molar-refractivity contribution >= 4 is 31.9 Å². The molecule has 14 atom stereocenters. The lowest BCUT2D eigenvalue weighted by Gasteiger charge is -2.27. The highest BCUT2D eigenvalue weighted by atomic mass is 79.9. The summed E-state index contributed by atoms with van der Waals surface area (Å²) in [6.45, 7) is 35.1. The summed E-state index contributed by atoms with van der Waals surface area (Å²) in [6, 6.07) is 0. The van der Waals surface area contributed by atoms with Crippen LogP contribution < -0.4 is 0 Å². The van der Waals surface area contributed by atoms with Crippen molar-refractivity contribution in [1.29, 1.82) is 0 Å². The summed E-state index contributed by atoms with van der Waals surface area (Å²) in [5.41, 5.74) is 0. The van der Waals surface area contributed by atoms with Crippen LogP contribution in [-0.4, -0.2) is 35.4 Å². The van der Waals surface area contributed by atoms with Crippen molar-refractivity contribution in [2.45, 2.75) is 235 Å². The summed E-state index contributed by atoms with van der Waals surface area (Å²) in [5, 5.41) is 0. The van der Waals surface area contributed by atoms with Crippen LogP contribution in [0, 0.1) is 59.2 Å². The van der Waals surface area contributed by atoms with Gasteiger partial charge in [0.2, 0.25) is 0 Å². The van der Waals surface area contributed by atoms with Crippen LogP contribution >= 0.6 is 31.9 Å². The molecule has 0 spiro atoms. The first-order valence-corrected chi connectivity index (χ1v) is 24.9. The van der Waals surface area contributed by atoms with Gasteiger partial charge < -0.3 is 14.2 Å². The van der Waals surface area contributed by atoms with E-state index in [0.29, 0.717) is 9.65 Å². The fourth-order valence-corrected chi connectivity index (χ4v) is 11.2. The van der Waals surface area contributed by atoms with Gasteiger partial charge in [0.05, 0.1) is 0 Å². The van der Waals surface area contributed by atoms with Gasteiger partial charge in [-0.3, -0.25) is 0 Å². The van der Waals surface area contributed by atoms with Gasteiger partial charge in [-0.05, 0) is 162 Å². The highest BCUT2D eigenvalue weighted by molar-refractivity contribution is 9.09. The van der Waals surface area contributed by atoms with Crippen molar-refractivity contribution in [2.24, 2.45) is 59.2 Å². The fourth-order valence-electron chi connectivity index (χ4n) is 9.92. The Hall–Kier alpha value is 0.840. The zero-order valence-corrected chi connectivity index (χ0v) is 41.4. The molecule has 0 amide bonds. The highest BCUT2D eigenvalue weighted by Gasteiger charge is 2.22. The number of rotatable bonds is 36. The maximum atomic E-state index is 6.61. The van der Waals surface area contributed by atoms with Gasteiger partial charge in [0, 0.05) is 22.9 Å². The summed E-state index contributed by atoms with van der Waals surface area (Å²) >= 11 is 7.48. The predicted octanol–water partition coefficient (Wildman–Crippen LogP) is 16.7. The monoisotopic (exact) mass is 879 g/mol. The zero-order valence-electron chi connectivity index (χ0n) is 38.2. The summed E-state index contributed by atoms with van der Waals surface area (Å²) in [7, 11) is 0. The van der Waals surface area contributed by atoms with Gasteiger partial charge in [0.25, 0.3) is 0 Å². The van der Waals surface area contributed by atoms with Gasteiger partial charge in [-0.2, -0.15) is 0 Å². The quantitative estimate of drug-likeness (QED) is 0.0464. The number of halogens is 2. The minimum Gasteiger partial charge on any atom is -0.353 e. The van der Waals surface area contributed by atoms with E-state index < -0.39 is 0 Å². The molecule has 0 heterocycles. The first-order valence-electron chi connectivity index (χ1n) is 23.1. The normalized spacial score (nSPS) is 20.4. The van der Waals surface area contributed by atoms with Crippen LogP contribution in [0.1, 0.15) is 213 Å². The van der Waals surface area contributed by atoms with Crippen LogP contribution in [0.3, 0.4) is 0 Å². The Morgan fingerprint density at radius 2 is 0.585 bits per heavy atom. The van der Waals surface area contributed by atoms with E-state index >= 15 is 0 Å². The van der Waals surface area contributed by atoms with Gasteiger partial charge in [0.1, 0.15) is 0 Å². The molecule has 0 aromatic heterocycles. The van der Waals surface area contributed by atoms with Crippen molar-refractivity contribution in [2.75, 3.05) is 13.2 Å². The van der Waals surface area contributed by atoms with Crippen molar-refractivity contribution < 1.29 is 14.2 Å². The molecule has 0 aliphatic heterocycles. The van der Waals surface area contributed by atoms with Gasteiger partial charge in [-0.25, -0.2) is 0 Å². The molecule has 5 heteroatoms. The first-order chi connectivity index (χ1) is 24.9. The van der Waals surface area contributed by atoms with Crippen molar-refractivity contribution in [3.05, 3.63) is 0 Å². The zero-order chi connectivity index (χ0) is 40.3. The fraction of sp³-hybridized carbons (Fsp3) is 1.00. The Balaban J connectivity index is 4.72. The predicted molar refractivity (Wildman–Crippen MR) is 243 cm³/mol. The number of hydrogen-bond donors (Lipinski definition) is 0. The number of ether oxygens (including phenoxy) is 3. The standard InChI is InChI=1S/C48H96Br2O3/c1-15-23-51-47(21-17-19-35(3)25-37(5)27-39(7)29-41(9)31-43(11)33-45(13)49)53-48(52-24-16-2)22-18-20-36(4)26-38(6)28-40(8)30-42(10)32-44(12)34-46(14)50/h35-48H,15-34H2,1-14H3. The minimum atomic E-state index is -0.162. The molecule has 14 unspecified atom stereocenters. The van der Waals surface area contributed by atoms with E-state index in [1.54, 1.807) is 0 Å². The second-order valence-electron chi connectivity index (χ2n) is 19.6. The largest absolute Gasteiger partial charge is 0.353 e. The van der Waals surface area contributed by atoms with E-state index in [9.17, 15) is 0 Å². The minimum absolute atomic E-state index is 0.162. The van der Waals surface area contributed by atoms with Gasteiger partial charge in [0.15, 0.2) is 12.6 Å². The maximum Gasteiger partial charge on any atom is 0.160 e. The molecule has 0 bridgehead atoms. The summed E-state index contributed by atoms with van der Waals surface area (Å²) in [4.78, 5) is 1.26. The Morgan fingerprint density at radius 1 is 0.340 bits per heavy atom. The third-order valence-corrected chi connectivity index (χ3v) is 12.2. The molecule has 320 valence electrons. The van der Waals surface area contributed by atoms with Crippen LogP contribution in [0.4, 0.5) is 0 Å². The second-order valence-corrected chi connectivity index (χ2v) is 22.7. The van der Waals surface area contributed by atoms with E-state index in [-0.39, 0.29) is 12.6 Å². The Labute approximate surface area is 351 Å². The molecule has 0 aliphatic carbocycles. The van der Waals surface area contributed by atoms with Gasteiger partial charge in [-0.15, -0.1) is 0 Å². The van der Waals surface area contributed by atoms with Crippen molar-refractivity contribution in [1.82, 2.24) is 0 Å². The lowest BCUT2D eigenvalue weighted by Crippen LogP contribution is -2.28. The molecular weight excluding hydrogens is 784 g/mol. The van der Waals surface area contributed by atoms with E-state index in [2.05, 4.69) is 129 Å². The van der Waals surface area contributed by atoms with Crippen molar-refractivity contribution in [3.8, 4) is 0 Å². The van der Waals surface area contributed by atoms with Crippen LogP contribution in [0.2, 0.25) is 0 Å². The maximum absolute atomic E-state index is 6.61. The van der Waals surface area contributed by atoms with Crippen LogP contribution in [0.5, 0.6) is 0 Å². The Morgan fingerprint density at radius 3 is 0.830 bits per heavy atom. The molecule has 0 aliphatic rings. The van der Waals surface area contributed by atoms with Gasteiger partial charge >= 0.3 is 0 Å². The molecule has 0 saturated heterocycles. The number of hydrogen-bond acceptors (Lipinski definition) is 3. The second kappa shape index (κ2) is 32.8. The van der Waals surface area contributed by atoms with Gasteiger partial charge in [-0.1, -0.05) is 142 Å². The molecule has 0 fully saturated rings. The van der Waals surface area contributed by atoms with E-state index in [1.165, 1.54) is 77.0 Å². The Bertz CT molecular complexity index is 744. The molecule has 0 aromatic rings. The van der Waals surface area contributed by atoms with Crippen LogP contribution in [0.25, 0.3) is 0 Å². The highest BCUT2D eigenvalue weighted by Crippen LogP contribution is 2.31. The summed E-state index contributed by atoms with van der Waals surface area (Å²) in [5.74, 6) is 7.90. The molecule has 0 saturated carbocycles. The molecule has 53 heavy (non-hydrogen) atoms. The summed E-state index contributed by atoms with van der Waals surface area (Å²) in [6.07, 6.45) is 21.8. The van der Waals surface area contributed by atoms with Crippen LogP contribution in [0.15, 0.2) is 0 Å². The van der Waals surface area contributed by atoms with Crippen LogP contribution in [-0.2, 0) is 14.2 Å². The summed E-state index contributed by atoms with van der Waals surface area (Å²) < 4.78 is 19.2. The average Bonchev–Trinajstić information content (AvgIpc) is 3.00. The molecule has 0 radical (unpaired) electrons.